The molecule has 1 aliphatic heterocycles. The van der Waals surface area contributed by atoms with E-state index in [1.165, 1.54) is 17.5 Å². The topological polar surface area (TPSA) is 27.0 Å². The van der Waals surface area contributed by atoms with Crippen LogP contribution >= 0.6 is 0 Å². The van der Waals surface area contributed by atoms with Crippen molar-refractivity contribution in [1.82, 2.24) is 4.90 Å². The van der Waals surface area contributed by atoms with E-state index in [1.807, 2.05) is 12.1 Å². The number of aryl methyl sites for hydroxylation is 1. The highest BCUT2D eigenvalue weighted by molar-refractivity contribution is 5.32. The molecule has 0 spiro atoms. The van der Waals surface area contributed by atoms with Crippen LogP contribution in [0.2, 0.25) is 0 Å². The van der Waals surface area contributed by atoms with Gasteiger partial charge in [-0.1, -0.05) is 38.1 Å². The zero-order valence-corrected chi connectivity index (χ0v) is 11.6. The first-order valence-electron chi connectivity index (χ1n) is 6.81. The van der Waals surface area contributed by atoms with Gasteiger partial charge in [0.1, 0.15) is 6.04 Å². The smallest absolute Gasteiger partial charge is 0.124 e. The molecule has 96 valence electrons. The molecule has 0 aromatic heterocycles. The van der Waals surface area contributed by atoms with Crippen molar-refractivity contribution >= 4 is 0 Å². The molecule has 1 saturated heterocycles. The van der Waals surface area contributed by atoms with Gasteiger partial charge < -0.3 is 0 Å². The minimum Gasteiger partial charge on any atom is -0.284 e. The molecular weight excluding hydrogens is 220 g/mol. The average molecular weight is 242 g/mol. The second kappa shape index (κ2) is 5.54. The van der Waals surface area contributed by atoms with E-state index in [0.717, 1.165) is 13.1 Å². The van der Waals surface area contributed by atoms with Crippen LogP contribution in [0.5, 0.6) is 0 Å². The van der Waals surface area contributed by atoms with Gasteiger partial charge in [0, 0.05) is 13.1 Å². The number of nitrogens with zero attached hydrogens (tertiary/aromatic N) is 2. The quantitative estimate of drug-likeness (QED) is 0.793. The normalized spacial score (nSPS) is 26.6. The molecule has 2 heteroatoms. The van der Waals surface area contributed by atoms with E-state index in [-0.39, 0.29) is 6.04 Å². The first-order chi connectivity index (χ1) is 8.61. The molecule has 1 fully saturated rings. The Balaban J connectivity index is 2.24. The summed E-state index contributed by atoms with van der Waals surface area (Å²) in [4.78, 5) is 2.35. The Kier molecular flexibility index (Phi) is 4.04. The van der Waals surface area contributed by atoms with Crippen LogP contribution in [0.25, 0.3) is 0 Å². The Morgan fingerprint density at radius 2 is 1.83 bits per heavy atom. The monoisotopic (exact) mass is 242 g/mol. The maximum absolute atomic E-state index is 9.54. The van der Waals surface area contributed by atoms with E-state index in [9.17, 15) is 5.26 Å². The summed E-state index contributed by atoms with van der Waals surface area (Å²) in [5.74, 6) is 1.38. The number of hydrogen-bond acceptors (Lipinski definition) is 2. The number of rotatable bonds is 2. The van der Waals surface area contributed by atoms with Crippen LogP contribution in [0, 0.1) is 30.1 Å². The zero-order valence-electron chi connectivity index (χ0n) is 11.6. The lowest BCUT2D eigenvalue weighted by Crippen LogP contribution is -2.40. The minimum absolute atomic E-state index is 0.0867. The average Bonchev–Trinajstić information content (AvgIpc) is 2.31. The minimum atomic E-state index is -0.0867. The summed E-state index contributed by atoms with van der Waals surface area (Å²) < 4.78 is 0. The third kappa shape index (κ3) is 2.73. The van der Waals surface area contributed by atoms with Crippen LogP contribution in [0.1, 0.15) is 37.4 Å². The fourth-order valence-electron chi connectivity index (χ4n) is 3.16. The van der Waals surface area contributed by atoms with Gasteiger partial charge >= 0.3 is 0 Å². The second-order valence-electron chi connectivity index (χ2n) is 5.79. The van der Waals surface area contributed by atoms with Crippen LogP contribution in [-0.2, 0) is 0 Å². The van der Waals surface area contributed by atoms with Crippen LogP contribution in [0.15, 0.2) is 24.3 Å². The highest BCUT2D eigenvalue weighted by Gasteiger charge is 2.28. The first-order valence-corrected chi connectivity index (χ1v) is 6.81. The molecule has 1 heterocycles. The maximum atomic E-state index is 9.54. The summed E-state index contributed by atoms with van der Waals surface area (Å²) in [6.07, 6.45) is 1.28. The van der Waals surface area contributed by atoms with Crippen molar-refractivity contribution in [2.45, 2.75) is 33.2 Å². The molecule has 2 nitrogen and oxygen atoms in total. The lowest BCUT2D eigenvalue weighted by Gasteiger charge is -2.38. The van der Waals surface area contributed by atoms with Gasteiger partial charge in [0.25, 0.3) is 0 Å². The fraction of sp³-hybridized carbons (Fsp3) is 0.562. The SMILES string of the molecule is Cc1ccccc1C(C#N)N1CC(C)CC(C)C1. The second-order valence-corrected chi connectivity index (χ2v) is 5.79. The van der Waals surface area contributed by atoms with Gasteiger partial charge in [0.2, 0.25) is 0 Å². The van der Waals surface area contributed by atoms with Gasteiger partial charge in [0.15, 0.2) is 0 Å². The zero-order chi connectivity index (χ0) is 13.1. The third-order valence-electron chi connectivity index (χ3n) is 3.87. The summed E-state index contributed by atoms with van der Waals surface area (Å²) in [6, 6.07) is 10.7. The van der Waals surface area contributed by atoms with E-state index in [2.05, 4.69) is 43.9 Å². The Morgan fingerprint density at radius 3 is 2.39 bits per heavy atom. The third-order valence-corrected chi connectivity index (χ3v) is 3.87. The standard InChI is InChI=1S/C16H22N2/c1-12-8-13(2)11-18(10-12)16(9-17)15-7-5-4-6-14(15)3/h4-7,12-13,16H,8,10-11H2,1-3H3. The molecule has 0 radical (unpaired) electrons. The van der Waals surface area contributed by atoms with Gasteiger partial charge in [-0.15, -0.1) is 0 Å². The van der Waals surface area contributed by atoms with Crippen LogP contribution in [0.4, 0.5) is 0 Å². The molecule has 0 bridgehead atoms. The first kappa shape index (κ1) is 13.1. The predicted molar refractivity (Wildman–Crippen MR) is 74.1 cm³/mol. The number of piperidine rings is 1. The number of nitriles is 1. The Morgan fingerprint density at radius 1 is 1.22 bits per heavy atom. The van der Waals surface area contributed by atoms with Crippen molar-refractivity contribution in [2.24, 2.45) is 11.8 Å². The maximum Gasteiger partial charge on any atom is 0.124 e. The molecule has 18 heavy (non-hydrogen) atoms. The van der Waals surface area contributed by atoms with Crippen LogP contribution < -0.4 is 0 Å². The van der Waals surface area contributed by atoms with E-state index in [1.54, 1.807) is 0 Å². The van der Waals surface area contributed by atoms with Crippen molar-refractivity contribution in [2.75, 3.05) is 13.1 Å². The van der Waals surface area contributed by atoms with Crippen molar-refractivity contribution in [3.8, 4) is 6.07 Å². The number of hydrogen-bond donors (Lipinski definition) is 0. The number of likely N-dealkylation sites (tertiary alicyclic amines) is 1. The van der Waals surface area contributed by atoms with E-state index < -0.39 is 0 Å². The summed E-state index contributed by atoms with van der Waals surface area (Å²) in [6.45, 7) is 8.74. The lowest BCUT2D eigenvalue weighted by molar-refractivity contribution is 0.117. The summed E-state index contributed by atoms with van der Waals surface area (Å²) >= 11 is 0. The fourth-order valence-corrected chi connectivity index (χ4v) is 3.16. The van der Waals surface area contributed by atoms with Crippen molar-refractivity contribution in [1.29, 1.82) is 5.26 Å². The van der Waals surface area contributed by atoms with E-state index in [0.29, 0.717) is 11.8 Å². The van der Waals surface area contributed by atoms with E-state index in [4.69, 9.17) is 0 Å². The summed E-state index contributed by atoms with van der Waals surface area (Å²) in [5, 5.41) is 9.54. The predicted octanol–water partition coefficient (Wildman–Crippen LogP) is 3.54. The Hall–Kier alpha value is -1.33. The lowest BCUT2D eigenvalue weighted by atomic mass is 9.89. The van der Waals surface area contributed by atoms with Crippen molar-refractivity contribution < 1.29 is 0 Å². The number of benzene rings is 1. The van der Waals surface area contributed by atoms with E-state index >= 15 is 0 Å². The molecule has 3 unspecified atom stereocenters. The molecule has 0 amide bonds. The molecule has 0 N–H and O–H groups in total. The molecule has 2 rings (SSSR count). The van der Waals surface area contributed by atoms with Gasteiger partial charge in [-0.2, -0.15) is 5.26 Å². The molecule has 0 aliphatic carbocycles. The molecule has 1 aromatic carbocycles. The largest absolute Gasteiger partial charge is 0.284 e. The Labute approximate surface area is 110 Å². The highest BCUT2D eigenvalue weighted by Crippen LogP contribution is 2.30. The van der Waals surface area contributed by atoms with Gasteiger partial charge in [-0.25, -0.2) is 0 Å². The van der Waals surface area contributed by atoms with Gasteiger partial charge in [-0.3, -0.25) is 4.90 Å². The molecule has 1 aliphatic rings. The summed E-state index contributed by atoms with van der Waals surface area (Å²) in [7, 11) is 0. The van der Waals surface area contributed by atoms with Crippen LogP contribution in [-0.4, -0.2) is 18.0 Å². The van der Waals surface area contributed by atoms with Crippen LogP contribution in [0.3, 0.4) is 0 Å². The van der Waals surface area contributed by atoms with Crippen molar-refractivity contribution in [3.63, 3.8) is 0 Å². The van der Waals surface area contributed by atoms with Crippen molar-refractivity contribution in [3.05, 3.63) is 35.4 Å². The van der Waals surface area contributed by atoms with Gasteiger partial charge in [-0.05, 0) is 36.3 Å². The molecule has 1 aromatic rings. The molecule has 0 saturated carbocycles. The summed E-state index contributed by atoms with van der Waals surface area (Å²) in [5.41, 5.74) is 2.39. The Bertz CT molecular complexity index is 437. The molecular formula is C16H22N2. The molecule has 3 atom stereocenters. The highest BCUT2D eigenvalue weighted by atomic mass is 15.2. The van der Waals surface area contributed by atoms with Gasteiger partial charge in [0.05, 0.1) is 6.07 Å².